The van der Waals surface area contributed by atoms with E-state index in [1.54, 1.807) is 41.3 Å². The molecular formula is C20H21BrN2O4. The molecule has 0 saturated carbocycles. The predicted octanol–water partition coefficient (Wildman–Crippen LogP) is 3.57. The summed E-state index contributed by atoms with van der Waals surface area (Å²) in [6.45, 7) is 4.45. The summed E-state index contributed by atoms with van der Waals surface area (Å²) in [7, 11) is 0. The largest absolute Gasteiger partial charge is 0.493 e. The number of carbonyl (C=O) groups is 2. The first-order valence-electron chi connectivity index (χ1n) is 8.80. The summed E-state index contributed by atoms with van der Waals surface area (Å²) in [6.07, 6.45) is 0. The van der Waals surface area contributed by atoms with Crippen LogP contribution in [0.15, 0.2) is 46.9 Å². The van der Waals surface area contributed by atoms with E-state index in [0.29, 0.717) is 55.5 Å². The van der Waals surface area contributed by atoms with Gasteiger partial charge in [-0.15, -0.1) is 0 Å². The SMILES string of the molecule is CCOc1ccc(Br)cc1C(=O)Nc1ccccc1C(=O)N1CCOCC1. The molecular weight excluding hydrogens is 412 g/mol. The van der Waals surface area contributed by atoms with Crippen molar-refractivity contribution in [1.82, 2.24) is 4.90 Å². The van der Waals surface area contributed by atoms with Gasteiger partial charge in [-0.25, -0.2) is 0 Å². The average Bonchev–Trinajstić information content (AvgIpc) is 2.70. The molecule has 142 valence electrons. The molecule has 3 rings (SSSR count). The molecule has 6 nitrogen and oxygen atoms in total. The second-order valence-electron chi connectivity index (χ2n) is 5.98. The number of rotatable bonds is 5. The lowest BCUT2D eigenvalue weighted by atomic mass is 10.1. The molecule has 2 aromatic rings. The highest BCUT2D eigenvalue weighted by atomic mass is 79.9. The number of nitrogens with one attached hydrogen (secondary N) is 1. The Hall–Kier alpha value is -2.38. The van der Waals surface area contributed by atoms with Crippen molar-refractivity contribution < 1.29 is 19.1 Å². The van der Waals surface area contributed by atoms with Gasteiger partial charge in [0.05, 0.1) is 36.6 Å². The topological polar surface area (TPSA) is 67.9 Å². The highest BCUT2D eigenvalue weighted by molar-refractivity contribution is 9.10. The van der Waals surface area contributed by atoms with Gasteiger partial charge in [0.1, 0.15) is 5.75 Å². The second-order valence-corrected chi connectivity index (χ2v) is 6.89. The van der Waals surface area contributed by atoms with Gasteiger partial charge in [-0.2, -0.15) is 0 Å². The number of benzene rings is 2. The van der Waals surface area contributed by atoms with E-state index in [2.05, 4.69) is 21.2 Å². The number of amides is 2. The van der Waals surface area contributed by atoms with E-state index in [1.807, 2.05) is 13.0 Å². The van der Waals surface area contributed by atoms with Crippen molar-refractivity contribution in [3.05, 3.63) is 58.1 Å². The lowest BCUT2D eigenvalue weighted by Crippen LogP contribution is -2.41. The van der Waals surface area contributed by atoms with Crippen LogP contribution in [-0.4, -0.2) is 49.6 Å². The second kappa shape index (κ2) is 9.01. The molecule has 0 spiro atoms. The quantitative estimate of drug-likeness (QED) is 0.783. The summed E-state index contributed by atoms with van der Waals surface area (Å²) in [5.74, 6) is 0.0469. The fourth-order valence-corrected chi connectivity index (χ4v) is 3.23. The van der Waals surface area contributed by atoms with Crippen molar-refractivity contribution in [2.45, 2.75) is 6.92 Å². The van der Waals surface area contributed by atoms with E-state index in [-0.39, 0.29) is 11.8 Å². The maximum Gasteiger partial charge on any atom is 0.259 e. The molecule has 0 radical (unpaired) electrons. The molecule has 7 heteroatoms. The van der Waals surface area contributed by atoms with Crippen LogP contribution in [0.1, 0.15) is 27.6 Å². The highest BCUT2D eigenvalue weighted by Gasteiger charge is 2.22. The number of morpholine rings is 1. The van der Waals surface area contributed by atoms with Gasteiger partial charge < -0.3 is 19.7 Å². The van der Waals surface area contributed by atoms with Crippen LogP contribution in [0.4, 0.5) is 5.69 Å². The first kappa shape index (κ1) is 19.4. The maximum atomic E-state index is 12.9. The number of para-hydroxylation sites is 1. The molecule has 2 aromatic carbocycles. The number of hydrogen-bond acceptors (Lipinski definition) is 4. The third-order valence-electron chi connectivity index (χ3n) is 4.19. The molecule has 1 saturated heterocycles. The van der Waals surface area contributed by atoms with Gasteiger partial charge in [0, 0.05) is 17.6 Å². The zero-order valence-corrected chi connectivity index (χ0v) is 16.6. The molecule has 1 fully saturated rings. The molecule has 0 aromatic heterocycles. The highest BCUT2D eigenvalue weighted by Crippen LogP contribution is 2.26. The Morgan fingerprint density at radius 1 is 1.15 bits per heavy atom. The smallest absolute Gasteiger partial charge is 0.259 e. The van der Waals surface area contributed by atoms with E-state index < -0.39 is 0 Å². The van der Waals surface area contributed by atoms with Crippen molar-refractivity contribution in [3.8, 4) is 5.75 Å². The summed E-state index contributed by atoms with van der Waals surface area (Å²) in [5.41, 5.74) is 1.34. The van der Waals surface area contributed by atoms with Crippen LogP contribution in [0.3, 0.4) is 0 Å². The van der Waals surface area contributed by atoms with Gasteiger partial charge in [-0.3, -0.25) is 9.59 Å². The average molecular weight is 433 g/mol. The van der Waals surface area contributed by atoms with E-state index in [1.165, 1.54) is 0 Å². The number of halogens is 1. The van der Waals surface area contributed by atoms with Gasteiger partial charge in [0.15, 0.2) is 0 Å². The van der Waals surface area contributed by atoms with Crippen molar-refractivity contribution in [1.29, 1.82) is 0 Å². The van der Waals surface area contributed by atoms with E-state index in [0.717, 1.165) is 4.47 Å². The Balaban J connectivity index is 1.85. The van der Waals surface area contributed by atoms with Crippen molar-refractivity contribution in [3.63, 3.8) is 0 Å². The number of hydrogen-bond donors (Lipinski definition) is 1. The van der Waals surface area contributed by atoms with E-state index in [9.17, 15) is 9.59 Å². The summed E-state index contributed by atoms with van der Waals surface area (Å²) < 4.78 is 11.6. The van der Waals surface area contributed by atoms with Crippen LogP contribution >= 0.6 is 15.9 Å². The molecule has 1 aliphatic heterocycles. The lowest BCUT2D eigenvalue weighted by molar-refractivity contribution is 0.0303. The minimum Gasteiger partial charge on any atom is -0.493 e. The summed E-state index contributed by atoms with van der Waals surface area (Å²) in [6, 6.07) is 12.3. The molecule has 1 aliphatic rings. The Morgan fingerprint density at radius 3 is 2.63 bits per heavy atom. The summed E-state index contributed by atoms with van der Waals surface area (Å²) >= 11 is 3.38. The van der Waals surface area contributed by atoms with E-state index >= 15 is 0 Å². The Morgan fingerprint density at radius 2 is 1.89 bits per heavy atom. The lowest BCUT2D eigenvalue weighted by Gasteiger charge is -2.27. The monoisotopic (exact) mass is 432 g/mol. The minimum absolute atomic E-state index is 0.117. The number of ether oxygens (including phenoxy) is 2. The standard InChI is InChI=1S/C20H21BrN2O4/c1-2-27-18-8-7-14(21)13-16(18)19(24)22-17-6-4-3-5-15(17)20(25)23-9-11-26-12-10-23/h3-8,13H,2,9-12H2,1H3,(H,22,24). The van der Waals surface area contributed by atoms with E-state index in [4.69, 9.17) is 9.47 Å². The summed E-state index contributed by atoms with van der Waals surface area (Å²) in [5, 5.41) is 2.85. The van der Waals surface area contributed by atoms with Crippen LogP contribution in [0.2, 0.25) is 0 Å². The fourth-order valence-electron chi connectivity index (χ4n) is 2.87. The van der Waals surface area contributed by atoms with Crippen molar-refractivity contribution in [2.75, 3.05) is 38.2 Å². The molecule has 0 bridgehead atoms. The van der Waals surface area contributed by atoms with Gasteiger partial charge >= 0.3 is 0 Å². The minimum atomic E-state index is -0.332. The van der Waals surface area contributed by atoms with Crippen LogP contribution < -0.4 is 10.1 Å². The molecule has 27 heavy (non-hydrogen) atoms. The molecule has 0 unspecified atom stereocenters. The zero-order valence-electron chi connectivity index (χ0n) is 15.0. The third kappa shape index (κ3) is 4.67. The number of nitrogens with zero attached hydrogens (tertiary/aromatic N) is 1. The van der Waals surface area contributed by atoms with Crippen LogP contribution in [0.5, 0.6) is 5.75 Å². The Kier molecular flexibility index (Phi) is 6.47. The van der Waals surface area contributed by atoms with Crippen LogP contribution in [-0.2, 0) is 4.74 Å². The fraction of sp³-hybridized carbons (Fsp3) is 0.300. The van der Waals surface area contributed by atoms with Gasteiger partial charge in [0.25, 0.3) is 11.8 Å². The van der Waals surface area contributed by atoms with Gasteiger partial charge in [-0.05, 0) is 37.3 Å². The summed E-state index contributed by atoms with van der Waals surface area (Å²) in [4.78, 5) is 27.4. The molecule has 0 aliphatic carbocycles. The van der Waals surface area contributed by atoms with Crippen LogP contribution in [0, 0.1) is 0 Å². The zero-order chi connectivity index (χ0) is 19.2. The van der Waals surface area contributed by atoms with Crippen molar-refractivity contribution in [2.24, 2.45) is 0 Å². The molecule has 0 atom stereocenters. The molecule has 1 heterocycles. The number of anilines is 1. The normalized spacial score (nSPS) is 13.9. The predicted molar refractivity (Wildman–Crippen MR) is 106 cm³/mol. The van der Waals surface area contributed by atoms with Gasteiger partial charge in [-0.1, -0.05) is 28.1 Å². The van der Waals surface area contributed by atoms with Crippen molar-refractivity contribution >= 4 is 33.4 Å². The third-order valence-corrected chi connectivity index (χ3v) is 4.68. The first-order valence-corrected chi connectivity index (χ1v) is 9.59. The molecule has 2 amide bonds. The number of carbonyl (C=O) groups excluding carboxylic acids is 2. The van der Waals surface area contributed by atoms with Crippen LogP contribution in [0.25, 0.3) is 0 Å². The first-order chi connectivity index (χ1) is 13.1. The Labute approximate surface area is 166 Å². The van der Waals surface area contributed by atoms with Gasteiger partial charge in [0.2, 0.25) is 0 Å². The Bertz CT molecular complexity index is 834. The maximum absolute atomic E-state index is 12.9. The molecule has 1 N–H and O–H groups in total.